The minimum absolute atomic E-state index is 0.0712. The molecule has 1 aromatic carbocycles. The first-order valence-corrected chi connectivity index (χ1v) is 9.69. The standard InChI is InChI=1S/C20H17FN4OS/c21-13-3-4-16-14(8-13)12(9-22-16)10-25-6-5-17-15(11-25)20(26)24-19(23-17)18-2-1-7-27-18/h1-4,7-9,22H,5-6,10-11H2,(H,23,24,26). The van der Waals surface area contributed by atoms with Crippen LogP contribution in [0.4, 0.5) is 4.39 Å². The van der Waals surface area contributed by atoms with Gasteiger partial charge in [0, 0.05) is 43.2 Å². The van der Waals surface area contributed by atoms with Gasteiger partial charge in [-0.3, -0.25) is 9.69 Å². The minimum atomic E-state index is -0.242. The van der Waals surface area contributed by atoms with Crippen molar-refractivity contribution in [2.24, 2.45) is 0 Å². The summed E-state index contributed by atoms with van der Waals surface area (Å²) < 4.78 is 13.6. The molecule has 136 valence electrons. The molecule has 0 atom stereocenters. The molecule has 0 aliphatic carbocycles. The number of aromatic amines is 2. The van der Waals surface area contributed by atoms with Gasteiger partial charge in [-0.25, -0.2) is 9.37 Å². The molecule has 3 aromatic heterocycles. The summed E-state index contributed by atoms with van der Waals surface area (Å²) in [4.78, 5) is 26.6. The van der Waals surface area contributed by atoms with Crippen LogP contribution in [0, 0.1) is 5.82 Å². The van der Waals surface area contributed by atoms with E-state index in [1.165, 1.54) is 6.07 Å². The van der Waals surface area contributed by atoms with Gasteiger partial charge in [-0.05, 0) is 35.2 Å². The van der Waals surface area contributed by atoms with Crippen LogP contribution in [0.5, 0.6) is 0 Å². The number of H-pyrrole nitrogens is 2. The number of rotatable bonds is 3. The Morgan fingerprint density at radius 3 is 3.07 bits per heavy atom. The molecular weight excluding hydrogens is 363 g/mol. The van der Waals surface area contributed by atoms with Crippen molar-refractivity contribution in [3.05, 3.63) is 74.9 Å². The van der Waals surface area contributed by atoms with E-state index in [1.807, 2.05) is 23.7 Å². The van der Waals surface area contributed by atoms with Crippen LogP contribution in [0.3, 0.4) is 0 Å². The van der Waals surface area contributed by atoms with Crippen molar-refractivity contribution in [1.82, 2.24) is 19.9 Å². The Bertz CT molecular complexity index is 1180. The maximum atomic E-state index is 13.6. The Morgan fingerprint density at radius 1 is 1.30 bits per heavy atom. The highest BCUT2D eigenvalue weighted by Gasteiger charge is 2.22. The molecule has 0 unspecified atom stereocenters. The van der Waals surface area contributed by atoms with E-state index in [4.69, 9.17) is 0 Å². The molecule has 2 N–H and O–H groups in total. The zero-order valence-corrected chi connectivity index (χ0v) is 15.3. The first kappa shape index (κ1) is 16.4. The Kier molecular flexibility index (Phi) is 3.91. The SMILES string of the molecule is O=c1[nH]c(-c2cccs2)nc2c1CN(Cc1c[nH]c3ccc(F)cc13)CC2. The molecule has 0 amide bonds. The summed E-state index contributed by atoms with van der Waals surface area (Å²) in [5, 5.41) is 2.86. The lowest BCUT2D eigenvalue weighted by molar-refractivity contribution is 0.242. The zero-order chi connectivity index (χ0) is 18.4. The molecule has 0 saturated heterocycles. The summed E-state index contributed by atoms with van der Waals surface area (Å²) in [6.45, 7) is 2.02. The Hall–Kier alpha value is -2.77. The number of nitrogens with one attached hydrogen (secondary N) is 2. The second kappa shape index (κ2) is 6.44. The van der Waals surface area contributed by atoms with Gasteiger partial charge in [0.15, 0.2) is 5.82 Å². The first-order chi connectivity index (χ1) is 13.2. The monoisotopic (exact) mass is 380 g/mol. The summed E-state index contributed by atoms with van der Waals surface area (Å²) in [5.41, 5.74) is 3.49. The van der Waals surface area contributed by atoms with Crippen LogP contribution in [0.1, 0.15) is 16.8 Å². The molecule has 0 bridgehead atoms. The van der Waals surface area contributed by atoms with Gasteiger partial charge in [0.25, 0.3) is 5.56 Å². The lowest BCUT2D eigenvalue weighted by Crippen LogP contribution is -2.35. The maximum absolute atomic E-state index is 13.6. The number of fused-ring (bicyclic) bond motifs is 2. The average Bonchev–Trinajstić information content (AvgIpc) is 3.33. The summed E-state index contributed by atoms with van der Waals surface area (Å²) in [7, 11) is 0. The molecule has 0 radical (unpaired) electrons. The Labute approximate surface area is 158 Å². The minimum Gasteiger partial charge on any atom is -0.361 e. The lowest BCUT2D eigenvalue weighted by atomic mass is 10.1. The third-order valence-electron chi connectivity index (χ3n) is 5.03. The molecule has 0 spiro atoms. The van der Waals surface area contributed by atoms with E-state index >= 15 is 0 Å². The van der Waals surface area contributed by atoms with Gasteiger partial charge >= 0.3 is 0 Å². The summed E-state index contributed by atoms with van der Waals surface area (Å²) in [5.74, 6) is 0.406. The van der Waals surface area contributed by atoms with Crippen molar-refractivity contribution in [3.8, 4) is 10.7 Å². The topological polar surface area (TPSA) is 64.8 Å². The fourth-order valence-corrected chi connectivity index (χ4v) is 4.34. The van der Waals surface area contributed by atoms with Crippen LogP contribution in [-0.2, 0) is 19.5 Å². The predicted octanol–water partition coefficient (Wildman–Crippen LogP) is 3.68. The molecule has 0 fully saturated rings. The van der Waals surface area contributed by atoms with Crippen LogP contribution in [0.25, 0.3) is 21.6 Å². The second-order valence-corrected chi connectivity index (χ2v) is 7.73. The van der Waals surface area contributed by atoms with Gasteiger partial charge in [0.05, 0.1) is 16.1 Å². The number of hydrogen-bond acceptors (Lipinski definition) is 4. The van der Waals surface area contributed by atoms with Gasteiger partial charge in [0.1, 0.15) is 5.82 Å². The quantitative estimate of drug-likeness (QED) is 0.570. The van der Waals surface area contributed by atoms with Crippen LogP contribution < -0.4 is 5.56 Å². The fraction of sp³-hybridized carbons (Fsp3) is 0.200. The second-order valence-electron chi connectivity index (χ2n) is 6.78. The summed E-state index contributed by atoms with van der Waals surface area (Å²) in [6, 6.07) is 8.67. The normalized spacial score (nSPS) is 14.6. The highest BCUT2D eigenvalue weighted by molar-refractivity contribution is 7.13. The van der Waals surface area contributed by atoms with Gasteiger partial charge in [-0.1, -0.05) is 6.07 Å². The van der Waals surface area contributed by atoms with Crippen LogP contribution in [0.15, 0.2) is 46.7 Å². The van der Waals surface area contributed by atoms with E-state index in [9.17, 15) is 9.18 Å². The smallest absolute Gasteiger partial charge is 0.255 e. The predicted molar refractivity (Wildman–Crippen MR) is 104 cm³/mol. The highest BCUT2D eigenvalue weighted by Crippen LogP contribution is 2.25. The Morgan fingerprint density at radius 2 is 2.22 bits per heavy atom. The summed E-state index contributed by atoms with van der Waals surface area (Å²) in [6.07, 6.45) is 2.65. The Balaban J connectivity index is 1.42. The number of benzene rings is 1. The van der Waals surface area contributed by atoms with Gasteiger partial charge in [-0.2, -0.15) is 0 Å². The molecule has 4 heterocycles. The third-order valence-corrected chi connectivity index (χ3v) is 5.90. The number of thiophene rings is 1. The van der Waals surface area contributed by atoms with Crippen molar-refractivity contribution >= 4 is 22.2 Å². The van der Waals surface area contributed by atoms with Crippen LogP contribution >= 0.6 is 11.3 Å². The molecule has 1 aliphatic rings. The number of halogens is 1. The fourth-order valence-electron chi connectivity index (χ4n) is 3.67. The van der Waals surface area contributed by atoms with Crippen molar-refractivity contribution in [2.45, 2.75) is 19.5 Å². The molecule has 0 saturated carbocycles. The van der Waals surface area contributed by atoms with Crippen LogP contribution in [-0.4, -0.2) is 26.4 Å². The molecule has 27 heavy (non-hydrogen) atoms. The van der Waals surface area contributed by atoms with Crippen LogP contribution in [0.2, 0.25) is 0 Å². The van der Waals surface area contributed by atoms with Gasteiger partial charge in [0.2, 0.25) is 0 Å². The third kappa shape index (κ3) is 2.98. The van der Waals surface area contributed by atoms with E-state index in [0.29, 0.717) is 18.9 Å². The van der Waals surface area contributed by atoms with E-state index in [-0.39, 0.29) is 11.4 Å². The van der Waals surface area contributed by atoms with Crippen molar-refractivity contribution < 1.29 is 4.39 Å². The lowest BCUT2D eigenvalue weighted by Gasteiger charge is -2.27. The number of aromatic nitrogens is 3. The van der Waals surface area contributed by atoms with E-state index in [1.54, 1.807) is 23.5 Å². The molecular formula is C20H17FN4OS. The van der Waals surface area contributed by atoms with E-state index in [0.717, 1.165) is 45.6 Å². The molecule has 1 aliphatic heterocycles. The van der Waals surface area contributed by atoms with E-state index < -0.39 is 0 Å². The van der Waals surface area contributed by atoms with Gasteiger partial charge < -0.3 is 9.97 Å². The number of nitrogens with zero attached hydrogens (tertiary/aromatic N) is 2. The van der Waals surface area contributed by atoms with E-state index in [2.05, 4.69) is 19.9 Å². The maximum Gasteiger partial charge on any atom is 0.255 e. The first-order valence-electron chi connectivity index (χ1n) is 8.81. The average molecular weight is 380 g/mol. The zero-order valence-electron chi connectivity index (χ0n) is 14.5. The molecule has 5 nitrogen and oxygen atoms in total. The molecule has 4 aromatic rings. The summed E-state index contributed by atoms with van der Waals surface area (Å²) >= 11 is 1.56. The molecule has 5 rings (SSSR count). The number of hydrogen-bond donors (Lipinski definition) is 2. The van der Waals surface area contributed by atoms with Gasteiger partial charge in [-0.15, -0.1) is 11.3 Å². The molecule has 7 heteroatoms. The van der Waals surface area contributed by atoms with Crippen molar-refractivity contribution in [2.75, 3.05) is 6.54 Å². The van der Waals surface area contributed by atoms with Crippen molar-refractivity contribution in [3.63, 3.8) is 0 Å². The highest BCUT2D eigenvalue weighted by atomic mass is 32.1. The van der Waals surface area contributed by atoms with Crippen molar-refractivity contribution in [1.29, 1.82) is 0 Å². The largest absolute Gasteiger partial charge is 0.361 e.